The highest BCUT2D eigenvalue weighted by molar-refractivity contribution is 6.32. The predicted octanol–water partition coefficient (Wildman–Crippen LogP) is 2.95. The van der Waals surface area contributed by atoms with Gasteiger partial charge in [-0.1, -0.05) is 11.6 Å². The first-order valence-corrected chi connectivity index (χ1v) is 6.45. The summed E-state index contributed by atoms with van der Waals surface area (Å²) in [4.78, 5) is 2.16. The lowest BCUT2D eigenvalue weighted by atomic mass is 9.97. The van der Waals surface area contributed by atoms with E-state index >= 15 is 0 Å². The van der Waals surface area contributed by atoms with Crippen molar-refractivity contribution in [2.45, 2.75) is 44.9 Å². The molecule has 0 radical (unpaired) electrons. The first-order valence-electron chi connectivity index (χ1n) is 6.07. The molecule has 2 rings (SSSR count). The van der Waals surface area contributed by atoms with Gasteiger partial charge in [-0.3, -0.25) is 0 Å². The van der Waals surface area contributed by atoms with Gasteiger partial charge in [0.05, 0.1) is 22.2 Å². The molecule has 1 aliphatic heterocycles. The molecule has 18 heavy (non-hydrogen) atoms. The van der Waals surface area contributed by atoms with E-state index in [2.05, 4.69) is 17.9 Å². The van der Waals surface area contributed by atoms with E-state index in [4.69, 9.17) is 16.9 Å². The zero-order valence-corrected chi connectivity index (χ0v) is 11.6. The number of anilines is 1. The molecule has 1 aliphatic rings. The van der Waals surface area contributed by atoms with Crippen LogP contribution in [-0.2, 0) is 0 Å². The Hall–Kier alpha value is -1.24. The van der Waals surface area contributed by atoms with Crippen molar-refractivity contribution in [1.82, 2.24) is 0 Å². The molecule has 4 heteroatoms. The lowest BCUT2D eigenvalue weighted by Crippen LogP contribution is -2.41. The van der Waals surface area contributed by atoms with E-state index in [1.807, 2.05) is 19.9 Å². The second kappa shape index (κ2) is 4.46. The molecule has 0 bridgehead atoms. The maximum atomic E-state index is 10.3. The van der Waals surface area contributed by atoms with Crippen LogP contribution in [0.25, 0.3) is 0 Å². The highest BCUT2D eigenvalue weighted by Crippen LogP contribution is 2.37. The molecule has 0 amide bonds. The number of hydrogen-bond donors (Lipinski definition) is 1. The van der Waals surface area contributed by atoms with Gasteiger partial charge in [0.15, 0.2) is 0 Å². The molecule has 3 unspecified atom stereocenters. The number of rotatable bonds is 1. The topological polar surface area (TPSA) is 47.3 Å². The Morgan fingerprint density at radius 1 is 1.50 bits per heavy atom. The van der Waals surface area contributed by atoms with Crippen LogP contribution in [0.4, 0.5) is 5.69 Å². The normalized spacial score (nSPS) is 31.4. The number of nitrogens with zero attached hydrogens (tertiary/aromatic N) is 2. The van der Waals surface area contributed by atoms with Gasteiger partial charge in [0.25, 0.3) is 0 Å². The summed E-state index contributed by atoms with van der Waals surface area (Å²) in [5.74, 6) is 0. The summed E-state index contributed by atoms with van der Waals surface area (Å²) in [6.45, 7) is 5.96. The molecule has 0 spiro atoms. The Morgan fingerprint density at radius 3 is 2.61 bits per heavy atom. The van der Waals surface area contributed by atoms with Gasteiger partial charge < -0.3 is 10.0 Å². The summed E-state index contributed by atoms with van der Waals surface area (Å²) in [6.07, 6.45) is 0.728. The molecule has 1 heterocycles. The molecule has 1 aromatic rings. The van der Waals surface area contributed by atoms with E-state index < -0.39 is 5.60 Å². The van der Waals surface area contributed by atoms with Crippen molar-refractivity contribution in [3.8, 4) is 6.07 Å². The Kier molecular flexibility index (Phi) is 3.27. The van der Waals surface area contributed by atoms with E-state index in [0.29, 0.717) is 10.6 Å². The van der Waals surface area contributed by atoms with E-state index in [0.717, 1.165) is 12.1 Å². The average molecular weight is 265 g/mol. The number of hydrogen-bond acceptors (Lipinski definition) is 3. The number of nitriles is 1. The fourth-order valence-corrected chi connectivity index (χ4v) is 3.00. The zero-order chi connectivity index (χ0) is 13.5. The Balaban J connectivity index is 2.38. The van der Waals surface area contributed by atoms with Gasteiger partial charge in [0, 0.05) is 11.7 Å². The van der Waals surface area contributed by atoms with Crippen molar-refractivity contribution < 1.29 is 5.11 Å². The maximum Gasteiger partial charge on any atom is 0.101 e. The van der Waals surface area contributed by atoms with Crippen molar-refractivity contribution in [2.75, 3.05) is 4.90 Å². The van der Waals surface area contributed by atoms with Crippen molar-refractivity contribution in [2.24, 2.45) is 0 Å². The van der Waals surface area contributed by atoms with Gasteiger partial charge >= 0.3 is 0 Å². The van der Waals surface area contributed by atoms with Crippen LogP contribution in [0.15, 0.2) is 18.2 Å². The molecule has 1 aromatic carbocycles. The van der Waals surface area contributed by atoms with Crippen LogP contribution in [-0.4, -0.2) is 22.8 Å². The smallest absolute Gasteiger partial charge is 0.101 e. The molecule has 1 saturated heterocycles. The second-order valence-corrected chi connectivity index (χ2v) is 5.68. The van der Waals surface area contributed by atoms with E-state index in [1.54, 1.807) is 12.1 Å². The second-order valence-electron chi connectivity index (χ2n) is 5.27. The minimum atomic E-state index is -0.695. The van der Waals surface area contributed by atoms with Crippen LogP contribution in [0.5, 0.6) is 0 Å². The number of halogens is 1. The minimum absolute atomic E-state index is 0.0245. The SMILES string of the molecule is CC1CC(C)(O)C(C)N1c1ccc(C#N)c(Cl)c1. The molecule has 0 aliphatic carbocycles. The van der Waals surface area contributed by atoms with E-state index in [1.165, 1.54) is 0 Å². The molecular formula is C14H17ClN2O. The molecule has 1 N–H and O–H groups in total. The monoisotopic (exact) mass is 264 g/mol. The third-order valence-corrected chi connectivity index (χ3v) is 4.18. The molecule has 0 saturated carbocycles. The lowest BCUT2D eigenvalue weighted by molar-refractivity contribution is 0.0547. The summed E-state index contributed by atoms with van der Waals surface area (Å²) < 4.78 is 0. The fraction of sp³-hybridized carbons (Fsp3) is 0.500. The van der Waals surface area contributed by atoms with Crippen LogP contribution < -0.4 is 4.90 Å². The molecule has 0 aromatic heterocycles. The van der Waals surface area contributed by atoms with Gasteiger partial charge in [-0.15, -0.1) is 0 Å². The van der Waals surface area contributed by atoms with Crippen molar-refractivity contribution >= 4 is 17.3 Å². The Morgan fingerprint density at radius 2 is 2.17 bits per heavy atom. The standard InChI is InChI=1S/C14H17ClN2O/c1-9-7-14(3,18)10(2)17(9)12-5-4-11(8-16)13(15)6-12/h4-6,9-10,18H,7H2,1-3H3. The van der Waals surface area contributed by atoms with Crippen LogP contribution in [0.2, 0.25) is 5.02 Å². The van der Waals surface area contributed by atoms with Gasteiger partial charge in [-0.2, -0.15) is 5.26 Å². The fourth-order valence-electron chi connectivity index (χ4n) is 2.78. The lowest BCUT2D eigenvalue weighted by Gasteiger charge is -2.31. The number of benzene rings is 1. The van der Waals surface area contributed by atoms with E-state index in [-0.39, 0.29) is 12.1 Å². The maximum absolute atomic E-state index is 10.3. The van der Waals surface area contributed by atoms with Crippen LogP contribution in [0.1, 0.15) is 32.8 Å². The summed E-state index contributed by atoms with van der Waals surface area (Å²) in [5, 5.41) is 19.6. The first-order chi connectivity index (χ1) is 8.36. The summed E-state index contributed by atoms with van der Waals surface area (Å²) in [5.41, 5.74) is 0.739. The molecule has 1 fully saturated rings. The van der Waals surface area contributed by atoms with Gasteiger partial charge in [0.1, 0.15) is 6.07 Å². The van der Waals surface area contributed by atoms with Gasteiger partial charge in [-0.25, -0.2) is 0 Å². The first kappa shape index (κ1) is 13.2. The third-order valence-electron chi connectivity index (χ3n) is 3.87. The van der Waals surface area contributed by atoms with Crippen LogP contribution >= 0.6 is 11.6 Å². The number of aliphatic hydroxyl groups is 1. The van der Waals surface area contributed by atoms with Gasteiger partial charge in [0.2, 0.25) is 0 Å². The third kappa shape index (κ3) is 2.07. The summed E-state index contributed by atoms with van der Waals surface area (Å²) in [6, 6.07) is 7.74. The van der Waals surface area contributed by atoms with Crippen LogP contribution in [0, 0.1) is 11.3 Å². The predicted molar refractivity (Wildman–Crippen MR) is 72.8 cm³/mol. The average Bonchev–Trinajstić information content (AvgIpc) is 2.48. The Labute approximate surface area is 113 Å². The van der Waals surface area contributed by atoms with Crippen LogP contribution in [0.3, 0.4) is 0 Å². The Bertz CT molecular complexity index is 507. The van der Waals surface area contributed by atoms with Crippen molar-refractivity contribution in [3.05, 3.63) is 28.8 Å². The quantitative estimate of drug-likeness (QED) is 0.848. The summed E-state index contributed by atoms with van der Waals surface area (Å²) in [7, 11) is 0. The largest absolute Gasteiger partial charge is 0.388 e. The minimum Gasteiger partial charge on any atom is -0.388 e. The highest BCUT2D eigenvalue weighted by atomic mass is 35.5. The van der Waals surface area contributed by atoms with Crippen molar-refractivity contribution in [1.29, 1.82) is 5.26 Å². The van der Waals surface area contributed by atoms with E-state index in [9.17, 15) is 5.11 Å². The molecular weight excluding hydrogens is 248 g/mol. The molecule has 96 valence electrons. The molecule has 3 atom stereocenters. The zero-order valence-electron chi connectivity index (χ0n) is 10.8. The van der Waals surface area contributed by atoms with Crippen molar-refractivity contribution in [3.63, 3.8) is 0 Å². The highest BCUT2D eigenvalue weighted by Gasteiger charge is 2.43. The summed E-state index contributed by atoms with van der Waals surface area (Å²) >= 11 is 6.06. The van der Waals surface area contributed by atoms with Gasteiger partial charge in [-0.05, 0) is 45.4 Å². The molecule has 3 nitrogen and oxygen atoms in total.